The predicted octanol–water partition coefficient (Wildman–Crippen LogP) is 4.04. The number of unbranched alkanes of at least 4 members (excludes halogenated alkanes) is 1. The van der Waals surface area contributed by atoms with E-state index in [0.717, 1.165) is 12.1 Å². The molecule has 0 saturated heterocycles. The standard InChI is InChI=1S/C4H9NO.C4H8O.C4H10/c1-3-4(2)5-6;1-3-4(2)5;1-3-4-2/h6H,3H2,1-2H3;3H2,1-2H3;3-4H2,1-2H3. The molecule has 0 radical (unpaired) electrons. The molecule has 0 aromatic carbocycles. The van der Waals surface area contributed by atoms with Gasteiger partial charge in [-0.1, -0.05) is 45.7 Å². The molecule has 0 unspecified atom stereocenters. The number of carbonyl (C=O) groups excluding carboxylic acids is 1. The SMILES string of the molecule is CCC(C)=NO.CCC(C)=O.CCCC. The van der Waals surface area contributed by atoms with Crippen LogP contribution in [0.4, 0.5) is 0 Å². The lowest BCUT2D eigenvalue weighted by Crippen LogP contribution is -1.83. The lowest BCUT2D eigenvalue weighted by Gasteiger charge is -1.81. The summed E-state index contributed by atoms with van der Waals surface area (Å²) in [6.45, 7) is 11.5. The van der Waals surface area contributed by atoms with Gasteiger partial charge in [0, 0.05) is 6.42 Å². The Balaban J connectivity index is -0.000000147. The van der Waals surface area contributed by atoms with E-state index in [4.69, 9.17) is 5.21 Å². The van der Waals surface area contributed by atoms with Crippen LogP contribution in [0, 0.1) is 0 Å². The van der Waals surface area contributed by atoms with E-state index in [9.17, 15) is 4.79 Å². The number of hydrogen-bond acceptors (Lipinski definition) is 3. The first-order chi connectivity index (χ1) is 6.99. The van der Waals surface area contributed by atoms with Crippen molar-refractivity contribution in [3.05, 3.63) is 0 Å². The summed E-state index contributed by atoms with van der Waals surface area (Å²) in [7, 11) is 0. The first kappa shape index (κ1) is 19.7. The minimum absolute atomic E-state index is 0.255. The molecule has 0 atom stereocenters. The van der Waals surface area contributed by atoms with E-state index in [2.05, 4.69) is 19.0 Å². The molecule has 15 heavy (non-hydrogen) atoms. The Morgan fingerprint density at radius 3 is 1.33 bits per heavy atom. The van der Waals surface area contributed by atoms with Crippen molar-refractivity contribution in [1.29, 1.82) is 0 Å². The van der Waals surface area contributed by atoms with Crippen molar-refractivity contribution in [1.82, 2.24) is 0 Å². The first-order valence-corrected chi connectivity index (χ1v) is 5.66. The second kappa shape index (κ2) is 18.8. The molecule has 0 rings (SSSR count). The van der Waals surface area contributed by atoms with Crippen LogP contribution in [0.3, 0.4) is 0 Å². The summed E-state index contributed by atoms with van der Waals surface area (Å²) in [5.74, 6) is 0.255. The number of hydrogen-bond donors (Lipinski definition) is 1. The first-order valence-electron chi connectivity index (χ1n) is 5.66. The van der Waals surface area contributed by atoms with E-state index in [1.807, 2.05) is 13.8 Å². The normalized spacial score (nSPS) is 9.33. The molecule has 0 aliphatic heterocycles. The van der Waals surface area contributed by atoms with Crippen LogP contribution in [0.25, 0.3) is 0 Å². The Morgan fingerprint density at radius 2 is 1.33 bits per heavy atom. The number of nitrogens with zero attached hydrogens (tertiary/aromatic N) is 1. The molecule has 0 aliphatic carbocycles. The highest BCUT2D eigenvalue weighted by atomic mass is 16.4. The van der Waals surface area contributed by atoms with Gasteiger partial charge < -0.3 is 10.0 Å². The highest BCUT2D eigenvalue weighted by molar-refractivity contribution is 5.80. The van der Waals surface area contributed by atoms with Gasteiger partial charge in [-0.2, -0.15) is 0 Å². The van der Waals surface area contributed by atoms with Crippen molar-refractivity contribution < 1.29 is 10.0 Å². The van der Waals surface area contributed by atoms with Crippen LogP contribution in [-0.2, 0) is 4.79 Å². The third-order valence-corrected chi connectivity index (χ3v) is 1.68. The molecule has 0 saturated carbocycles. The molecule has 3 nitrogen and oxygen atoms in total. The summed E-state index contributed by atoms with van der Waals surface area (Å²) in [6.07, 6.45) is 4.14. The van der Waals surface area contributed by atoms with Crippen LogP contribution in [-0.4, -0.2) is 16.7 Å². The molecule has 0 aromatic heterocycles. The van der Waals surface area contributed by atoms with Gasteiger partial charge in [0.05, 0.1) is 5.71 Å². The van der Waals surface area contributed by atoms with Crippen LogP contribution in [0.1, 0.15) is 67.2 Å². The number of Topliss-reactive ketones (excluding diaryl/α,β-unsaturated/α-hetero) is 1. The minimum atomic E-state index is 0.255. The molecule has 3 heteroatoms. The number of rotatable bonds is 3. The lowest BCUT2D eigenvalue weighted by molar-refractivity contribution is -0.116. The van der Waals surface area contributed by atoms with Crippen LogP contribution in [0.2, 0.25) is 0 Å². The third kappa shape index (κ3) is 43.3. The van der Waals surface area contributed by atoms with E-state index >= 15 is 0 Å². The summed E-state index contributed by atoms with van der Waals surface area (Å²) < 4.78 is 0. The van der Waals surface area contributed by atoms with Gasteiger partial charge in [-0.05, 0) is 20.3 Å². The van der Waals surface area contributed by atoms with Crippen molar-refractivity contribution in [2.45, 2.75) is 67.2 Å². The Morgan fingerprint density at radius 1 is 1.00 bits per heavy atom. The van der Waals surface area contributed by atoms with Gasteiger partial charge in [0.15, 0.2) is 0 Å². The maximum atomic E-state index is 9.81. The second-order valence-corrected chi connectivity index (χ2v) is 3.24. The van der Waals surface area contributed by atoms with Crippen LogP contribution in [0.15, 0.2) is 5.16 Å². The topological polar surface area (TPSA) is 49.7 Å². The zero-order valence-electron chi connectivity index (χ0n) is 11.1. The lowest BCUT2D eigenvalue weighted by atomic mass is 10.3. The van der Waals surface area contributed by atoms with Crippen molar-refractivity contribution in [3.63, 3.8) is 0 Å². The van der Waals surface area contributed by atoms with E-state index in [0.29, 0.717) is 6.42 Å². The maximum absolute atomic E-state index is 9.81. The average molecular weight is 217 g/mol. The van der Waals surface area contributed by atoms with Gasteiger partial charge in [0.1, 0.15) is 5.78 Å². The van der Waals surface area contributed by atoms with E-state index < -0.39 is 0 Å². The average Bonchev–Trinajstić information content (AvgIpc) is 2.28. The minimum Gasteiger partial charge on any atom is -0.411 e. The Bertz CT molecular complexity index is 152. The zero-order chi connectivity index (χ0) is 12.7. The maximum Gasteiger partial charge on any atom is 0.129 e. The van der Waals surface area contributed by atoms with Gasteiger partial charge in [0.25, 0.3) is 0 Å². The molecule has 0 heterocycles. The number of carbonyl (C=O) groups is 1. The molecule has 0 aromatic rings. The van der Waals surface area contributed by atoms with Crippen LogP contribution >= 0.6 is 0 Å². The van der Waals surface area contributed by atoms with Gasteiger partial charge >= 0.3 is 0 Å². The van der Waals surface area contributed by atoms with Gasteiger partial charge in [-0.15, -0.1) is 0 Å². The van der Waals surface area contributed by atoms with E-state index in [-0.39, 0.29) is 5.78 Å². The highest BCUT2D eigenvalue weighted by Gasteiger charge is 1.78. The van der Waals surface area contributed by atoms with Crippen molar-refractivity contribution in [2.75, 3.05) is 0 Å². The third-order valence-electron chi connectivity index (χ3n) is 1.68. The summed E-state index contributed by atoms with van der Waals surface area (Å²) >= 11 is 0. The zero-order valence-corrected chi connectivity index (χ0v) is 11.1. The van der Waals surface area contributed by atoms with Crippen molar-refractivity contribution in [2.24, 2.45) is 5.16 Å². The summed E-state index contributed by atoms with van der Waals surface area (Å²) in [5, 5.41) is 10.8. The molecule has 0 spiro atoms. The molecular formula is C12H27NO2. The molecule has 92 valence electrons. The molecule has 0 aliphatic rings. The van der Waals surface area contributed by atoms with E-state index in [1.165, 1.54) is 12.8 Å². The molecular weight excluding hydrogens is 190 g/mol. The monoisotopic (exact) mass is 217 g/mol. The second-order valence-electron chi connectivity index (χ2n) is 3.24. The number of oxime groups is 1. The van der Waals surface area contributed by atoms with E-state index in [1.54, 1.807) is 13.8 Å². The number of ketones is 1. The fourth-order valence-corrected chi connectivity index (χ4v) is 0.0707. The van der Waals surface area contributed by atoms with Crippen molar-refractivity contribution >= 4 is 11.5 Å². The van der Waals surface area contributed by atoms with Gasteiger partial charge in [0.2, 0.25) is 0 Å². The van der Waals surface area contributed by atoms with Crippen LogP contribution in [0.5, 0.6) is 0 Å². The van der Waals surface area contributed by atoms with Crippen molar-refractivity contribution in [3.8, 4) is 0 Å². The predicted molar refractivity (Wildman–Crippen MR) is 66.7 cm³/mol. The quantitative estimate of drug-likeness (QED) is 0.440. The Hall–Kier alpha value is -0.860. The Kier molecular flexibility index (Phi) is 24.7. The summed E-state index contributed by atoms with van der Waals surface area (Å²) in [4.78, 5) is 9.81. The van der Waals surface area contributed by atoms with Gasteiger partial charge in [-0.3, -0.25) is 0 Å². The Labute approximate surface area is 94.6 Å². The molecule has 0 fully saturated rings. The molecule has 1 N–H and O–H groups in total. The fraction of sp³-hybridized carbons (Fsp3) is 0.833. The largest absolute Gasteiger partial charge is 0.411 e. The molecule has 0 bridgehead atoms. The summed E-state index contributed by atoms with van der Waals surface area (Å²) in [5.41, 5.74) is 0.773. The smallest absolute Gasteiger partial charge is 0.129 e. The highest BCUT2D eigenvalue weighted by Crippen LogP contribution is 1.78. The fourth-order valence-electron chi connectivity index (χ4n) is 0.0707. The molecule has 0 amide bonds. The van der Waals surface area contributed by atoms with Crippen LogP contribution < -0.4 is 0 Å². The summed E-state index contributed by atoms with van der Waals surface area (Å²) in [6, 6.07) is 0. The van der Waals surface area contributed by atoms with Gasteiger partial charge in [-0.25, -0.2) is 0 Å².